The van der Waals surface area contributed by atoms with Gasteiger partial charge in [0, 0.05) is 42.6 Å². The molecule has 7 heteroatoms. The van der Waals surface area contributed by atoms with Crippen molar-refractivity contribution in [2.24, 2.45) is 0 Å². The van der Waals surface area contributed by atoms with Crippen LogP contribution in [0.4, 0.5) is 4.79 Å². The smallest absolute Gasteiger partial charge is 0.410 e. The van der Waals surface area contributed by atoms with E-state index in [0.29, 0.717) is 43.1 Å². The van der Waals surface area contributed by atoms with Gasteiger partial charge in [-0.2, -0.15) is 0 Å². The van der Waals surface area contributed by atoms with Crippen LogP contribution >= 0.6 is 11.3 Å². The van der Waals surface area contributed by atoms with Gasteiger partial charge in [0.15, 0.2) is 5.75 Å². The first-order valence-electron chi connectivity index (χ1n) is 11.3. The number of amides is 2. The Hall–Kier alpha value is -3.06. The van der Waals surface area contributed by atoms with Crippen molar-refractivity contribution in [1.82, 2.24) is 10.2 Å². The number of hydrogen-bond acceptors (Lipinski definition) is 5. The maximum atomic E-state index is 13.1. The van der Waals surface area contributed by atoms with Crippen LogP contribution in [0.2, 0.25) is 0 Å². The molecule has 3 aromatic rings. The maximum Gasteiger partial charge on any atom is 0.410 e. The molecule has 1 fully saturated rings. The largest absolute Gasteiger partial charge is 0.488 e. The zero-order valence-corrected chi connectivity index (χ0v) is 20.1. The molecule has 4 rings (SSSR count). The van der Waals surface area contributed by atoms with Crippen molar-refractivity contribution >= 4 is 33.4 Å². The highest BCUT2D eigenvalue weighted by atomic mass is 32.1. The van der Waals surface area contributed by atoms with Crippen LogP contribution in [0, 0.1) is 0 Å². The Labute approximate surface area is 198 Å². The molecule has 1 aliphatic heterocycles. The Morgan fingerprint density at radius 3 is 2.39 bits per heavy atom. The highest BCUT2D eigenvalue weighted by Crippen LogP contribution is 2.39. The summed E-state index contributed by atoms with van der Waals surface area (Å²) in [6.45, 7) is 7.20. The number of benzene rings is 2. The van der Waals surface area contributed by atoms with Crippen LogP contribution in [-0.4, -0.2) is 41.7 Å². The third-order valence-electron chi connectivity index (χ3n) is 5.43. The van der Waals surface area contributed by atoms with Crippen molar-refractivity contribution in [2.75, 3.05) is 13.1 Å². The molecule has 0 bridgehead atoms. The fourth-order valence-electron chi connectivity index (χ4n) is 3.80. The van der Waals surface area contributed by atoms with Crippen LogP contribution in [0.1, 0.15) is 48.8 Å². The van der Waals surface area contributed by atoms with Gasteiger partial charge in [-0.3, -0.25) is 4.79 Å². The lowest BCUT2D eigenvalue weighted by atomic mass is 10.1. The van der Waals surface area contributed by atoms with Crippen LogP contribution in [-0.2, 0) is 11.3 Å². The van der Waals surface area contributed by atoms with E-state index in [1.807, 2.05) is 75.4 Å². The lowest BCUT2D eigenvalue weighted by Crippen LogP contribution is -2.44. The second-order valence-electron chi connectivity index (χ2n) is 9.21. The number of likely N-dealkylation sites (tertiary alicyclic amines) is 1. The lowest BCUT2D eigenvalue weighted by molar-refractivity contribution is 0.0128. The molecule has 1 aliphatic rings. The normalized spacial score (nSPS) is 14.8. The van der Waals surface area contributed by atoms with Gasteiger partial charge in [-0.05, 0) is 38.5 Å². The number of thiophene rings is 1. The summed E-state index contributed by atoms with van der Waals surface area (Å²) in [7, 11) is 0. The maximum absolute atomic E-state index is 13.1. The van der Waals surface area contributed by atoms with Gasteiger partial charge in [0.25, 0.3) is 5.91 Å². The van der Waals surface area contributed by atoms with E-state index in [0.717, 1.165) is 15.6 Å². The highest BCUT2D eigenvalue weighted by molar-refractivity contribution is 7.21. The first-order valence-corrected chi connectivity index (χ1v) is 12.1. The summed E-state index contributed by atoms with van der Waals surface area (Å²) in [5.74, 6) is 0.498. The van der Waals surface area contributed by atoms with E-state index < -0.39 is 5.60 Å². The third-order valence-corrected chi connectivity index (χ3v) is 6.58. The first-order chi connectivity index (χ1) is 15.8. The average Bonchev–Trinajstić information content (AvgIpc) is 3.16. The van der Waals surface area contributed by atoms with Gasteiger partial charge in [0.1, 0.15) is 16.6 Å². The van der Waals surface area contributed by atoms with Gasteiger partial charge < -0.3 is 19.7 Å². The molecule has 1 N–H and O–H groups in total. The predicted molar refractivity (Wildman–Crippen MR) is 131 cm³/mol. The lowest BCUT2D eigenvalue weighted by Gasteiger charge is -2.33. The van der Waals surface area contributed by atoms with Crippen LogP contribution in [0.5, 0.6) is 5.75 Å². The van der Waals surface area contributed by atoms with Crippen molar-refractivity contribution in [2.45, 2.75) is 51.9 Å². The SMILES string of the molecule is CC(C)(C)OC(=O)N1CCC(Oc2c(C(=O)NCc3ccccc3)sc3ccccc23)CC1. The molecule has 0 radical (unpaired) electrons. The number of fused-ring (bicyclic) bond motifs is 1. The molecular weight excluding hydrogens is 436 g/mol. The molecule has 2 heterocycles. The standard InChI is InChI=1S/C26H30N2O4S/c1-26(2,3)32-25(30)28-15-13-19(14-16-28)31-22-20-11-7-8-12-21(20)33-23(22)24(29)27-17-18-9-5-4-6-10-18/h4-12,19H,13-17H2,1-3H3,(H,27,29). The molecule has 1 saturated heterocycles. The van der Waals surface area contributed by atoms with Crippen molar-refractivity contribution in [3.05, 3.63) is 65.0 Å². The summed E-state index contributed by atoms with van der Waals surface area (Å²) in [4.78, 5) is 27.7. The summed E-state index contributed by atoms with van der Waals surface area (Å²) in [5, 5.41) is 3.97. The minimum Gasteiger partial charge on any atom is -0.488 e. The number of piperidine rings is 1. The topological polar surface area (TPSA) is 67.9 Å². The van der Waals surface area contributed by atoms with E-state index in [9.17, 15) is 9.59 Å². The predicted octanol–water partition coefficient (Wildman–Crippen LogP) is 5.61. The van der Waals surface area contributed by atoms with Gasteiger partial charge in [0.05, 0.1) is 0 Å². The second-order valence-corrected chi connectivity index (χ2v) is 10.3. The molecule has 2 aromatic carbocycles. The summed E-state index contributed by atoms with van der Waals surface area (Å²) in [6.07, 6.45) is 1.02. The van der Waals surface area contributed by atoms with E-state index in [-0.39, 0.29) is 18.1 Å². The van der Waals surface area contributed by atoms with Gasteiger partial charge >= 0.3 is 6.09 Å². The molecule has 0 spiro atoms. The zero-order chi connectivity index (χ0) is 23.4. The fraction of sp³-hybridized carbons (Fsp3) is 0.385. The van der Waals surface area contributed by atoms with Crippen LogP contribution in [0.3, 0.4) is 0 Å². The number of rotatable bonds is 5. The summed E-state index contributed by atoms with van der Waals surface area (Å²) < 4.78 is 12.9. The minimum absolute atomic E-state index is 0.0673. The summed E-state index contributed by atoms with van der Waals surface area (Å²) >= 11 is 1.45. The zero-order valence-electron chi connectivity index (χ0n) is 19.3. The van der Waals surface area contributed by atoms with Crippen molar-refractivity contribution in [1.29, 1.82) is 0 Å². The Balaban J connectivity index is 1.45. The van der Waals surface area contributed by atoms with Gasteiger partial charge in [0.2, 0.25) is 0 Å². The molecule has 174 valence electrons. The van der Waals surface area contributed by atoms with E-state index in [2.05, 4.69) is 5.32 Å². The number of hydrogen-bond donors (Lipinski definition) is 1. The third kappa shape index (κ3) is 5.85. The minimum atomic E-state index is -0.512. The van der Waals surface area contributed by atoms with Gasteiger partial charge in [-0.1, -0.05) is 42.5 Å². The Morgan fingerprint density at radius 1 is 1.03 bits per heavy atom. The molecular formula is C26H30N2O4S. The molecule has 0 atom stereocenters. The first kappa shape index (κ1) is 23.1. The number of ether oxygens (including phenoxy) is 2. The molecule has 0 unspecified atom stereocenters. The molecule has 0 saturated carbocycles. The Kier molecular flexibility index (Phi) is 6.88. The quantitative estimate of drug-likeness (QED) is 0.531. The van der Waals surface area contributed by atoms with E-state index >= 15 is 0 Å². The van der Waals surface area contributed by atoms with Crippen LogP contribution < -0.4 is 10.1 Å². The van der Waals surface area contributed by atoms with Gasteiger partial charge in [-0.15, -0.1) is 11.3 Å². The molecule has 1 aromatic heterocycles. The van der Waals surface area contributed by atoms with E-state index in [4.69, 9.17) is 9.47 Å². The number of nitrogens with zero attached hydrogens (tertiary/aromatic N) is 1. The van der Waals surface area contributed by atoms with Crippen molar-refractivity contribution in [3.8, 4) is 5.75 Å². The monoisotopic (exact) mass is 466 g/mol. The molecule has 33 heavy (non-hydrogen) atoms. The van der Waals surface area contributed by atoms with Crippen LogP contribution in [0.25, 0.3) is 10.1 Å². The van der Waals surface area contributed by atoms with E-state index in [1.54, 1.807) is 4.90 Å². The molecule has 2 amide bonds. The second kappa shape index (κ2) is 9.83. The number of nitrogens with one attached hydrogen (secondary N) is 1. The van der Waals surface area contributed by atoms with Crippen molar-refractivity contribution in [3.63, 3.8) is 0 Å². The Bertz CT molecular complexity index is 1110. The van der Waals surface area contributed by atoms with Crippen molar-refractivity contribution < 1.29 is 19.1 Å². The fourth-order valence-corrected chi connectivity index (χ4v) is 4.85. The summed E-state index contributed by atoms with van der Waals surface area (Å²) in [6, 6.07) is 17.8. The van der Waals surface area contributed by atoms with Crippen LogP contribution in [0.15, 0.2) is 54.6 Å². The molecule has 0 aliphatic carbocycles. The Morgan fingerprint density at radius 2 is 1.70 bits per heavy atom. The van der Waals surface area contributed by atoms with E-state index in [1.165, 1.54) is 11.3 Å². The highest BCUT2D eigenvalue weighted by Gasteiger charge is 2.29. The molecule has 6 nitrogen and oxygen atoms in total. The number of carbonyl (C=O) groups is 2. The summed E-state index contributed by atoms with van der Waals surface area (Å²) in [5.41, 5.74) is 0.533. The average molecular weight is 467 g/mol. The number of carbonyl (C=O) groups excluding carboxylic acids is 2. The van der Waals surface area contributed by atoms with Gasteiger partial charge in [-0.25, -0.2) is 4.79 Å².